The lowest BCUT2D eigenvalue weighted by atomic mass is 10.0. The summed E-state index contributed by atoms with van der Waals surface area (Å²) in [4.78, 5) is 29.8. The maximum atomic E-state index is 12.6. The number of nitrogens with zero attached hydrogens (tertiary/aromatic N) is 1. The second kappa shape index (κ2) is 10.8. The van der Waals surface area contributed by atoms with Crippen LogP contribution in [0.4, 0.5) is 5.00 Å². The zero-order valence-electron chi connectivity index (χ0n) is 17.7. The third-order valence-electron chi connectivity index (χ3n) is 4.84. The number of benzene rings is 1. The van der Waals surface area contributed by atoms with Gasteiger partial charge in [0, 0.05) is 22.9 Å². The second-order valence-corrected chi connectivity index (χ2v) is 9.12. The number of rotatable bonds is 9. The average molecular weight is 449 g/mol. The Bertz CT molecular complexity index is 880. The summed E-state index contributed by atoms with van der Waals surface area (Å²) >= 11 is 2.95. The van der Waals surface area contributed by atoms with Crippen molar-refractivity contribution in [3.05, 3.63) is 40.3 Å². The van der Waals surface area contributed by atoms with Gasteiger partial charge in [-0.2, -0.15) is 0 Å². The van der Waals surface area contributed by atoms with Crippen LogP contribution in [0.1, 0.15) is 41.1 Å². The van der Waals surface area contributed by atoms with Crippen molar-refractivity contribution < 1.29 is 19.1 Å². The molecule has 162 valence electrons. The molecule has 1 amide bonds. The lowest BCUT2D eigenvalue weighted by Crippen LogP contribution is -2.30. The Labute approximate surface area is 185 Å². The molecule has 2 aromatic rings. The fourth-order valence-corrected chi connectivity index (χ4v) is 5.45. The molecule has 3 rings (SSSR count). The van der Waals surface area contributed by atoms with Crippen LogP contribution in [-0.2, 0) is 22.5 Å². The van der Waals surface area contributed by atoms with Gasteiger partial charge in [-0.15, -0.1) is 23.1 Å². The molecule has 1 aliphatic heterocycles. The number of ether oxygens (including phenoxy) is 2. The normalized spacial score (nSPS) is 13.6. The molecule has 8 heteroatoms. The molecular weight excluding hydrogens is 420 g/mol. The molecular formula is C22H28N2O4S2. The van der Waals surface area contributed by atoms with Crippen molar-refractivity contribution in [2.45, 2.75) is 38.1 Å². The van der Waals surface area contributed by atoms with E-state index in [2.05, 4.69) is 17.1 Å². The SMILES string of the molecule is CCCN1CCc2c(sc(NC(=O)CSc3ccc(OC)cc3)c2C(=O)OCC)C1. The highest BCUT2D eigenvalue weighted by molar-refractivity contribution is 8.00. The van der Waals surface area contributed by atoms with Gasteiger partial charge in [-0.3, -0.25) is 9.69 Å². The van der Waals surface area contributed by atoms with E-state index in [1.807, 2.05) is 24.3 Å². The number of carbonyl (C=O) groups is 2. The molecule has 1 aromatic heterocycles. The van der Waals surface area contributed by atoms with E-state index in [4.69, 9.17) is 9.47 Å². The van der Waals surface area contributed by atoms with Crippen LogP contribution < -0.4 is 10.1 Å². The van der Waals surface area contributed by atoms with Crippen molar-refractivity contribution in [2.24, 2.45) is 0 Å². The first-order valence-corrected chi connectivity index (χ1v) is 12.0. The highest BCUT2D eigenvalue weighted by atomic mass is 32.2. The van der Waals surface area contributed by atoms with E-state index in [9.17, 15) is 9.59 Å². The summed E-state index contributed by atoms with van der Waals surface area (Å²) in [7, 11) is 1.62. The summed E-state index contributed by atoms with van der Waals surface area (Å²) in [6.07, 6.45) is 1.90. The molecule has 6 nitrogen and oxygen atoms in total. The standard InChI is InChI=1S/C22H28N2O4S2/c1-4-11-24-12-10-17-18(13-24)30-21(20(17)22(26)28-5-2)23-19(25)14-29-16-8-6-15(27-3)7-9-16/h6-9H,4-5,10-14H2,1-3H3,(H,23,25). The predicted octanol–water partition coefficient (Wildman–Crippen LogP) is 4.43. The third-order valence-corrected chi connectivity index (χ3v) is 6.98. The monoisotopic (exact) mass is 448 g/mol. The molecule has 0 saturated carbocycles. The summed E-state index contributed by atoms with van der Waals surface area (Å²) in [5.74, 6) is 0.561. The molecule has 0 bridgehead atoms. The van der Waals surface area contributed by atoms with Gasteiger partial charge in [0.25, 0.3) is 0 Å². The van der Waals surface area contributed by atoms with Gasteiger partial charge in [-0.25, -0.2) is 4.79 Å². The smallest absolute Gasteiger partial charge is 0.341 e. The Morgan fingerprint density at radius 2 is 2.00 bits per heavy atom. The number of esters is 1. The summed E-state index contributed by atoms with van der Waals surface area (Å²) in [5, 5.41) is 3.57. The van der Waals surface area contributed by atoms with E-state index < -0.39 is 0 Å². The van der Waals surface area contributed by atoms with Gasteiger partial charge < -0.3 is 14.8 Å². The highest BCUT2D eigenvalue weighted by Gasteiger charge is 2.29. The first-order chi connectivity index (χ1) is 14.5. The molecule has 0 fully saturated rings. The van der Waals surface area contributed by atoms with Crippen molar-refractivity contribution in [3.8, 4) is 5.75 Å². The van der Waals surface area contributed by atoms with E-state index in [1.54, 1.807) is 14.0 Å². The number of thioether (sulfide) groups is 1. The van der Waals surface area contributed by atoms with Gasteiger partial charge in [0.15, 0.2) is 0 Å². The average Bonchev–Trinajstić information content (AvgIpc) is 3.10. The van der Waals surface area contributed by atoms with E-state index in [-0.39, 0.29) is 17.6 Å². The van der Waals surface area contributed by atoms with Crippen molar-refractivity contribution in [2.75, 3.05) is 37.9 Å². The molecule has 0 atom stereocenters. The van der Waals surface area contributed by atoms with Crippen LogP contribution in [-0.4, -0.2) is 49.3 Å². The van der Waals surface area contributed by atoms with E-state index in [0.29, 0.717) is 17.2 Å². The Hall–Kier alpha value is -2.03. The number of nitrogens with one attached hydrogen (secondary N) is 1. The first-order valence-electron chi connectivity index (χ1n) is 10.2. The van der Waals surface area contributed by atoms with Crippen LogP contribution in [0.5, 0.6) is 5.75 Å². The minimum absolute atomic E-state index is 0.134. The molecule has 2 heterocycles. The van der Waals surface area contributed by atoms with Gasteiger partial charge in [0.2, 0.25) is 5.91 Å². The minimum Gasteiger partial charge on any atom is -0.497 e. The quantitative estimate of drug-likeness (QED) is 0.452. The van der Waals surface area contributed by atoms with Gasteiger partial charge in [0.05, 0.1) is 25.0 Å². The Kier molecular flexibility index (Phi) is 8.18. The second-order valence-electron chi connectivity index (χ2n) is 6.97. The number of amides is 1. The number of carbonyl (C=O) groups excluding carboxylic acids is 2. The van der Waals surface area contributed by atoms with Crippen molar-refractivity contribution in [3.63, 3.8) is 0 Å². The highest BCUT2D eigenvalue weighted by Crippen LogP contribution is 2.38. The zero-order valence-corrected chi connectivity index (χ0v) is 19.3. The van der Waals surface area contributed by atoms with Gasteiger partial charge >= 0.3 is 5.97 Å². The molecule has 30 heavy (non-hydrogen) atoms. The van der Waals surface area contributed by atoms with E-state index >= 15 is 0 Å². The van der Waals surface area contributed by atoms with Crippen molar-refractivity contribution >= 4 is 40.0 Å². The van der Waals surface area contributed by atoms with Crippen LogP contribution in [0, 0.1) is 0 Å². The van der Waals surface area contributed by atoms with Crippen LogP contribution in [0.15, 0.2) is 29.2 Å². The fraction of sp³-hybridized carbons (Fsp3) is 0.455. The molecule has 0 saturated heterocycles. The van der Waals surface area contributed by atoms with Crippen LogP contribution in [0.2, 0.25) is 0 Å². The summed E-state index contributed by atoms with van der Waals surface area (Å²) in [5.41, 5.74) is 1.57. The first kappa shape index (κ1) is 22.7. The molecule has 0 radical (unpaired) electrons. The maximum absolute atomic E-state index is 12.6. The Morgan fingerprint density at radius 3 is 2.67 bits per heavy atom. The molecule has 0 aliphatic carbocycles. The topological polar surface area (TPSA) is 67.9 Å². The zero-order chi connectivity index (χ0) is 21.5. The molecule has 0 spiro atoms. The molecule has 1 aromatic carbocycles. The summed E-state index contributed by atoms with van der Waals surface area (Å²) in [6.45, 7) is 7.05. The maximum Gasteiger partial charge on any atom is 0.341 e. The number of fused-ring (bicyclic) bond motifs is 1. The number of methoxy groups -OCH3 is 1. The lowest BCUT2D eigenvalue weighted by molar-refractivity contribution is -0.113. The van der Waals surface area contributed by atoms with Crippen LogP contribution >= 0.6 is 23.1 Å². The number of hydrogen-bond acceptors (Lipinski definition) is 7. The summed E-state index contributed by atoms with van der Waals surface area (Å²) in [6, 6.07) is 7.59. The van der Waals surface area contributed by atoms with Crippen LogP contribution in [0.3, 0.4) is 0 Å². The van der Waals surface area contributed by atoms with Crippen molar-refractivity contribution in [1.82, 2.24) is 4.90 Å². The Balaban J connectivity index is 1.71. The third kappa shape index (κ3) is 5.56. The predicted molar refractivity (Wildman–Crippen MR) is 122 cm³/mol. The number of thiophene rings is 1. The van der Waals surface area contributed by atoms with Crippen molar-refractivity contribution in [1.29, 1.82) is 0 Å². The van der Waals surface area contributed by atoms with E-state index in [0.717, 1.165) is 53.6 Å². The van der Waals surface area contributed by atoms with Gasteiger partial charge in [0.1, 0.15) is 10.8 Å². The molecule has 0 unspecified atom stereocenters. The van der Waals surface area contributed by atoms with Gasteiger partial charge in [-0.05, 0) is 56.1 Å². The van der Waals surface area contributed by atoms with E-state index in [1.165, 1.54) is 23.1 Å². The Morgan fingerprint density at radius 1 is 1.23 bits per heavy atom. The van der Waals surface area contributed by atoms with Gasteiger partial charge in [-0.1, -0.05) is 6.92 Å². The lowest BCUT2D eigenvalue weighted by Gasteiger charge is -2.26. The molecule has 1 aliphatic rings. The summed E-state index contributed by atoms with van der Waals surface area (Å²) < 4.78 is 10.4. The number of hydrogen-bond donors (Lipinski definition) is 1. The molecule has 1 N–H and O–H groups in total. The number of anilines is 1. The minimum atomic E-state index is -0.350. The van der Waals surface area contributed by atoms with Crippen LogP contribution in [0.25, 0.3) is 0 Å². The fourth-order valence-electron chi connectivity index (χ4n) is 3.45. The largest absolute Gasteiger partial charge is 0.497 e.